The molecule has 1 aromatic rings. The SMILES string of the molecule is CC(=O)Oc1ccccc1C(=O)O[C@@H](C=O)[C@@H](O)[C@H](O)[C@H](O)C(N)=O. The van der Waals surface area contributed by atoms with Crippen LogP contribution < -0.4 is 10.5 Å². The highest BCUT2D eigenvalue weighted by molar-refractivity contribution is 5.94. The minimum atomic E-state index is -2.18. The number of hydrogen-bond acceptors (Lipinski definition) is 9. The fourth-order valence-corrected chi connectivity index (χ4v) is 1.79. The Balaban J connectivity index is 2.95. The van der Waals surface area contributed by atoms with Gasteiger partial charge in [-0.05, 0) is 12.1 Å². The number of primary amides is 1. The molecule has 0 aromatic heterocycles. The number of nitrogens with two attached hydrogens (primary N) is 1. The Bertz CT molecular complexity index is 660. The van der Waals surface area contributed by atoms with Gasteiger partial charge in [0, 0.05) is 6.92 Å². The van der Waals surface area contributed by atoms with Gasteiger partial charge >= 0.3 is 11.9 Å². The lowest BCUT2D eigenvalue weighted by molar-refractivity contribution is -0.148. The first kappa shape index (κ1) is 20.2. The molecule has 0 radical (unpaired) electrons. The Morgan fingerprint density at radius 1 is 1.12 bits per heavy atom. The van der Waals surface area contributed by atoms with Crippen molar-refractivity contribution in [2.24, 2.45) is 5.73 Å². The maximum atomic E-state index is 12.1. The lowest BCUT2D eigenvalue weighted by Crippen LogP contribution is -2.51. The Morgan fingerprint density at radius 2 is 1.72 bits per heavy atom. The molecule has 0 aliphatic rings. The number of carbonyl (C=O) groups excluding carboxylic acids is 4. The average Bonchev–Trinajstić information content (AvgIpc) is 2.57. The second kappa shape index (κ2) is 8.87. The van der Waals surface area contributed by atoms with Crippen LogP contribution in [0.4, 0.5) is 0 Å². The summed E-state index contributed by atoms with van der Waals surface area (Å²) in [6.45, 7) is 1.11. The van der Waals surface area contributed by atoms with E-state index in [2.05, 4.69) is 0 Å². The molecule has 0 heterocycles. The van der Waals surface area contributed by atoms with Gasteiger partial charge in [-0.25, -0.2) is 4.79 Å². The van der Waals surface area contributed by atoms with Crippen molar-refractivity contribution in [1.82, 2.24) is 0 Å². The smallest absolute Gasteiger partial charge is 0.342 e. The van der Waals surface area contributed by atoms with Crippen molar-refractivity contribution >= 4 is 24.1 Å². The zero-order valence-electron chi connectivity index (χ0n) is 13.1. The highest BCUT2D eigenvalue weighted by atomic mass is 16.6. The highest BCUT2D eigenvalue weighted by Gasteiger charge is 2.36. The van der Waals surface area contributed by atoms with Gasteiger partial charge in [0.2, 0.25) is 5.91 Å². The van der Waals surface area contributed by atoms with Crippen LogP contribution in [-0.4, -0.2) is 63.9 Å². The molecule has 0 fully saturated rings. The van der Waals surface area contributed by atoms with Crippen LogP contribution in [0.25, 0.3) is 0 Å². The first-order valence-electron chi connectivity index (χ1n) is 6.96. The molecule has 4 atom stereocenters. The standard InChI is InChI=1S/C15H17NO9/c1-7(18)24-9-5-3-2-4-8(9)15(23)25-10(6-17)11(19)12(20)13(21)14(16)22/h2-6,10-13,19-21H,1H3,(H2,16,22)/t10-,11+,12-,13-/m0/s1. The quantitative estimate of drug-likeness (QED) is 0.231. The predicted molar refractivity (Wildman–Crippen MR) is 80.2 cm³/mol. The Labute approximate surface area is 141 Å². The molecular weight excluding hydrogens is 338 g/mol. The lowest BCUT2D eigenvalue weighted by atomic mass is 10.0. The highest BCUT2D eigenvalue weighted by Crippen LogP contribution is 2.20. The van der Waals surface area contributed by atoms with E-state index in [-0.39, 0.29) is 17.6 Å². The summed E-state index contributed by atoms with van der Waals surface area (Å²) < 4.78 is 9.57. The molecule has 1 aromatic carbocycles. The summed E-state index contributed by atoms with van der Waals surface area (Å²) in [4.78, 5) is 45.0. The van der Waals surface area contributed by atoms with Gasteiger partial charge in [-0.3, -0.25) is 14.4 Å². The largest absolute Gasteiger partial charge is 0.448 e. The summed E-state index contributed by atoms with van der Waals surface area (Å²) in [5.41, 5.74) is 4.55. The van der Waals surface area contributed by atoms with Crippen molar-refractivity contribution in [3.63, 3.8) is 0 Å². The summed E-state index contributed by atoms with van der Waals surface area (Å²) in [6, 6.07) is 5.45. The van der Waals surface area contributed by atoms with Crippen molar-refractivity contribution in [3.8, 4) is 5.75 Å². The molecule has 1 amide bonds. The van der Waals surface area contributed by atoms with Gasteiger partial charge in [0.05, 0.1) is 0 Å². The summed E-state index contributed by atoms with van der Waals surface area (Å²) in [5, 5.41) is 28.7. The van der Waals surface area contributed by atoms with Crippen LogP contribution in [0, 0.1) is 0 Å². The lowest BCUT2D eigenvalue weighted by Gasteiger charge is -2.25. The molecule has 25 heavy (non-hydrogen) atoms. The molecular formula is C15H17NO9. The molecule has 0 aliphatic carbocycles. The third kappa shape index (κ3) is 5.35. The topological polar surface area (TPSA) is 173 Å². The Hall–Kier alpha value is -2.82. The second-order valence-electron chi connectivity index (χ2n) is 4.92. The van der Waals surface area contributed by atoms with Crippen molar-refractivity contribution in [2.45, 2.75) is 31.3 Å². The average molecular weight is 355 g/mol. The number of ether oxygens (including phenoxy) is 2. The number of carbonyl (C=O) groups is 4. The maximum Gasteiger partial charge on any atom is 0.342 e. The van der Waals surface area contributed by atoms with E-state index in [4.69, 9.17) is 15.2 Å². The predicted octanol–water partition coefficient (Wildman–Crippen LogP) is -2.10. The summed E-state index contributed by atoms with van der Waals surface area (Å²) in [7, 11) is 0. The third-order valence-corrected chi connectivity index (χ3v) is 3.04. The number of rotatable bonds is 8. The van der Waals surface area contributed by atoms with Crippen molar-refractivity contribution < 1.29 is 44.0 Å². The van der Waals surface area contributed by atoms with Crippen LogP contribution in [0.5, 0.6) is 5.75 Å². The minimum Gasteiger partial charge on any atom is -0.448 e. The van der Waals surface area contributed by atoms with E-state index >= 15 is 0 Å². The van der Waals surface area contributed by atoms with Crippen molar-refractivity contribution in [1.29, 1.82) is 0 Å². The zero-order valence-corrected chi connectivity index (χ0v) is 13.1. The molecule has 10 heteroatoms. The van der Waals surface area contributed by atoms with Crippen LogP contribution in [-0.2, 0) is 19.1 Å². The van der Waals surface area contributed by atoms with Gasteiger partial charge in [0.15, 0.2) is 18.5 Å². The first-order chi connectivity index (χ1) is 11.7. The third-order valence-electron chi connectivity index (χ3n) is 3.04. The number of para-hydroxylation sites is 1. The zero-order chi connectivity index (χ0) is 19.1. The van der Waals surface area contributed by atoms with Crippen LogP contribution in [0.1, 0.15) is 17.3 Å². The normalized spacial score (nSPS) is 15.4. The summed E-state index contributed by atoms with van der Waals surface area (Å²) in [5.74, 6) is -3.33. The number of hydrogen-bond donors (Lipinski definition) is 4. The number of amides is 1. The van der Waals surface area contributed by atoms with E-state index in [1.165, 1.54) is 24.3 Å². The van der Waals surface area contributed by atoms with E-state index in [1.807, 2.05) is 0 Å². The molecule has 0 saturated heterocycles. The molecule has 5 N–H and O–H groups in total. The monoisotopic (exact) mass is 355 g/mol. The van der Waals surface area contributed by atoms with E-state index in [9.17, 15) is 34.5 Å². The van der Waals surface area contributed by atoms with Gasteiger partial charge in [-0.2, -0.15) is 0 Å². The van der Waals surface area contributed by atoms with Crippen LogP contribution in [0.2, 0.25) is 0 Å². The van der Waals surface area contributed by atoms with Crippen LogP contribution >= 0.6 is 0 Å². The second-order valence-corrected chi connectivity index (χ2v) is 4.92. The van der Waals surface area contributed by atoms with Gasteiger partial charge in [0.25, 0.3) is 0 Å². The van der Waals surface area contributed by atoms with E-state index < -0.39 is 42.3 Å². The van der Waals surface area contributed by atoms with Crippen molar-refractivity contribution in [3.05, 3.63) is 29.8 Å². The minimum absolute atomic E-state index is 0.00601. The number of esters is 2. The van der Waals surface area contributed by atoms with Gasteiger partial charge in [0.1, 0.15) is 23.5 Å². The van der Waals surface area contributed by atoms with Crippen molar-refractivity contribution in [2.75, 3.05) is 0 Å². The Morgan fingerprint density at radius 3 is 2.24 bits per heavy atom. The van der Waals surface area contributed by atoms with Gasteiger partial charge in [-0.1, -0.05) is 12.1 Å². The fourth-order valence-electron chi connectivity index (χ4n) is 1.79. The fraction of sp³-hybridized carbons (Fsp3) is 0.333. The van der Waals surface area contributed by atoms with Gasteiger partial charge < -0.3 is 30.5 Å². The molecule has 0 aliphatic heterocycles. The number of aliphatic hydroxyl groups is 3. The van der Waals surface area contributed by atoms with Crippen LogP contribution in [0.3, 0.4) is 0 Å². The van der Waals surface area contributed by atoms with Gasteiger partial charge in [-0.15, -0.1) is 0 Å². The number of benzene rings is 1. The molecule has 0 spiro atoms. The maximum absolute atomic E-state index is 12.1. The molecule has 10 nitrogen and oxygen atoms in total. The van der Waals surface area contributed by atoms with Crippen LogP contribution in [0.15, 0.2) is 24.3 Å². The molecule has 0 bridgehead atoms. The number of aliphatic hydroxyl groups excluding tert-OH is 3. The Kier molecular flexibility index (Phi) is 7.18. The molecule has 0 saturated carbocycles. The summed E-state index contributed by atoms with van der Waals surface area (Å²) in [6.07, 6.45) is -8.38. The summed E-state index contributed by atoms with van der Waals surface area (Å²) >= 11 is 0. The van der Waals surface area contributed by atoms with E-state index in [1.54, 1.807) is 0 Å². The van der Waals surface area contributed by atoms with E-state index in [0.29, 0.717) is 0 Å². The first-order valence-corrected chi connectivity index (χ1v) is 6.96. The molecule has 136 valence electrons. The van der Waals surface area contributed by atoms with E-state index in [0.717, 1.165) is 6.92 Å². The molecule has 0 unspecified atom stereocenters. The molecule has 1 rings (SSSR count). The number of aldehydes is 1.